The van der Waals surface area contributed by atoms with E-state index >= 15 is 0 Å². The molecule has 1 atom stereocenters. The van der Waals surface area contributed by atoms with Crippen molar-refractivity contribution >= 4 is 44.0 Å². The van der Waals surface area contributed by atoms with Gasteiger partial charge in [0.05, 0.1) is 47.8 Å². The topological polar surface area (TPSA) is 136 Å². The first-order valence-corrected chi connectivity index (χ1v) is 14.5. The van der Waals surface area contributed by atoms with Crippen molar-refractivity contribution in [3.05, 3.63) is 47.4 Å². The lowest BCUT2D eigenvalue weighted by atomic mass is 10.0. The second kappa shape index (κ2) is 10.2. The molecule has 6 rings (SSSR count). The first-order valence-electron chi connectivity index (χ1n) is 12.6. The molecule has 0 bridgehead atoms. The summed E-state index contributed by atoms with van der Waals surface area (Å²) in [6.45, 7) is 2.24. The van der Waals surface area contributed by atoms with E-state index in [2.05, 4.69) is 30.7 Å². The van der Waals surface area contributed by atoms with Crippen LogP contribution in [0.3, 0.4) is 0 Å². The number of pyridine rings is 1. The van der Waals surface area contributed by atoms with Crippen molar-refractivity contribution in [3.63, 3.8) is 0 Å². The van der Waals surface area contributed by atoms with Crippen LogP contribution in [-0.4, -0.2) is 52.6 Å². The molecule has 1 fully saturated rings. The van der Waals surface area contributed by atoms with Gasteiger partial charge in [-0.1, -0.05) is 6.07 Å². The fraction of sp³-hybridized carbons (Fsp3) is 0.400. The van der Waals surface area contributed by atoms with Gasteiger partial charge in [-0.15, -0.1) is 0 Å². The number of aromatic amines is 1. The van der Waals surface area contributed by atoms with Gasteiger partial charge >= 0.3 is 0 Å². The van der Waals surface area contributed by atoms with Gasteiger partial charge in [0.15, 0.2) is 27.1 Å². The number of rotatable bonds is 7. The summed E-state index contributed by atoms with van der Waals surface area (Å²) in [6, 6.07) is 8.49. The highest BCUT2D eigenvalue weighted by atomic mass is 32.2. The molecular weight excluding hydrogens is 532 g/mol. The van der Waals surface area contributed by atoms with Crippen molar-refractivity contribution in [3.8, 4) is 0 Å². The molecule has 0 amide bonds. The van der Waals surface area contributed by atoms with E-state index in [0.29, 0.717) is 43.7 Å². The third-order valence-corrected chi connectivity index (χ3v) is 7.86. The highest BCUT2D eigenvalue weighted by Crippen LogP contribution is 2.36. The molecule has 3 aromatic heterocycles. The van der Waals surface area contributed by atoms with Gasteiger partial charge in [0.1, 0.15) is 11.3 Å². The van der Waals surface area contributed by atoms with Crippen molar-refractivity contribution in [2.75, 3.05) is 30.1 Å². The molecule has 0 saturated carbocycles. The minimum Gasteiger partial charge on any atom is -0.374 e. The van der Waals surface area contributed by atoms with E-state index in [1.165, 1.54) is 0 Å². The molecule has 1 aromatic carbocycles. The largest absolute Gasteiger partial charge is 0.374 e. The van der Waals surface area contributed by atoms with E-state index in [9.17, 15) is 17.2 Å². The lowest BCUT2D eigenvalue weighted by molar-refractivity contribution is 0.0148. The van der Waals surface area contributed by atoms with Gasteiger partial charge in [0.25, 0.3) is 6.43 Å². The van der Waals surface area contributed by atoms with E-state index < -0.39 is 22.1 Å². The molecule has 11 nitrogen and oxygen atoms in total. The average molecular weight is 560 g/mol. The Kier molecular flexibility index (Phi) is 6.69. The van der Waals surface area contributed by atoms with Crippen LogP contribution >= 0.6 is 0 Å². The number of imidazole rings is 1. The zero-order chi connectivity index (χ0) is 27.1. The lowest BCUT2D eigenvalue weighted by Crippen LogP contribution is -2.16. The number of aromatic nitrogens is 5. The van der Waals surface area contributed by atoms with Gasteiger partial charge in [-0.05, 0) is 37.0 Å². The quantitative estimate of drug-likeness (QED) is 0.293. The van der Waals surface area contributed by atoms with Crippen LogP contribution in [0.2, 0.25) is 0 Å². The second-order valence-electron chi connectivity index (χ2n) is 9.60. The zero-order valence-electron chi connectivity index (χ0n) is 21.1. The number of anilines is 4. The Morgan fingerprint density at radius 1 is 1.08 bits per heavy atom. The first kappa shape index (κ1) is 25.6. The molecule has 2 aliphatic rings. The third kappa shape index (κ3) is 5.31. The SMILES string of the molecule is CS(=O)(=O)c1cc([C@H]2CCCCO2)ccc1Nc1cc(Nc2cc3n(n2)CCOC3)nc2[nH]c(C(F)F)nc12. The fourth-order valence-corrected chi connectivity index (χ4v) is 5.72. The molecule has 14 heteroatoms. The van der Waals surface area contributed by atoms with Gasteiger partial charge < -0.3 is 25.1 Å². The Hall–Kier alpha value is -3.62. The molecule has 0 unspecified atom stereocenters. The lowest BCUT2D eigenvalue weighted by Gasteiger charge is -2.24. The Bertz CT molecular complexity index is 1610. The van der Waals surface area contributed by atoms with Crippen LogP contribution in [0.5, 0.6) is 0 Å². The minimum atomic E-state index is -3.66. The fourth-order valence-electron chi connectivity index (χ4n) is 4.85. The van der Waals surface area contributed by atoms with Gasteiger partial charge in [0.2, 0.25) is 0 Å². The standard InChI is InChI=1S/C25H27F2N7O4S/c1-39(35,36)19-10-14(18-4-2-3-8-38-18)5-6-16(19)28-17-12-20(30-24-22(17)31-25(32-24)23(26)27)29-21-11-15-13-37-9-7-34(15)33-21/h5-6,10-12,18,23H,2-4,7-9,13H2,1H3,(H3,28,29,30,31,32,33)/t18-/m1/s1. The van der Waals surface area contributed by atoms with Crippen LogP contribution in [0.4, 0.5) is 31.8 Å². The smallest absolute Gasteiger partial charge is 0.295 e. The number of ether oxygens (including phenoxy) is 2. The van der Waals surface area contributed by atoms with Gasteiger partial charge in [-0.2, -0.15) is 5.10 Å². The normalized spacial score (nSPS) is 17.9. The Labute approximate surface area is 222 Å². The van der Waals surface area contributed by atoms with Crippen LogP contribution < -0.4 is 10.6 Å². The van der Waals surface area contributed by atoms with Gasteiger partial charge in [-0.25, -0.2) is 27.2 Å². The van der Waals surface area contributed by atoms with Crippen molar-refractivity contribution in [1.29, 1.82) is 0 Å². The predicted octanol–water partition coefficient (Wildman–Crippen LogP) is 4.75. The molecule has 3 N–H and O–H groups in total. The molecule has 206 valence electrons. The van der Waals surface area contributed by atoms with Gasteiger partial charge in [0, 0.05) is 25.0 Å². The molecule has 5 heterocycles. The number of halogens is 2. The summed E-state index contributed by atoms with van der Waals surface area (Å²) < 4.78 is 65.7. The Morgan fingerprint density at radius 3 is 2.69 bits per heavy atom. The maximum absolute atomic E-state index is 13.5. The Balaban J connectivity index is 1.39. The third-order valence-electron chi connectivity index (χ3n) is 6.72. The predicted molar refractivity (Wildman–Crippen MR) is 139 cm³/mol. The summed E-state index contributed by atoms with van der Waals surface area (Å²) in [5.41, 5.74) is 2.50. The monoisotopic (exact) mass is 559 g/mol. The van der Waals surface area contributed by atoms with Crippen molar-refractivity contribution < 1.29 is 26.7 Å². The Morgan fingerprint density at radius 2 is 1.95 bits per heavy atom. The highest BCUT2D eigenvalue weighted by molar-refractivity contribution is 7.90. The van der Waals surface area contributed by atoms with Crippen LogP contribution in [0.15, 0.2) is 35.2 Å². The number of hydrogen-bond donors (Lipinski definition) is 3. The summed E-state index contributed by atoms with van der Waals surface area (Å²) in [7, 11) is -3.66. The van der Waals surface area contributed by atoms with E-state index in [0.717, 1.165) is 36.8 Å². The summed E-state index contributed by atoms with van der Waals surface area (Å²) in [5, 5.41) is 10.7. The number of sulfone groups is 1. The molecule has 0 radical (unpaired) electrons. The van der Waals surface area contributed by atoms with E-state index in [1.807, 2.05) is 16.8 Å². The van der Waals surface area contributed by atoms with Gasteiger partial charge in [-0.3, -0.25) is 4.68 Å². The van der Waals surface area contributed by atoms with Crippen LogP contribution in [0.25, 0.3) is 11.2 Å². The molecular formula is C25H27F2N7O4S. The number of H-pyrrole nitrogens is 1. The first-order chi connectivity index (χ1) is 18.7. The molecule has 1 saturated heterocycles. The van der Waals surface area contributed by atoms with E-state index in [4.69, 9.17) is 9.47 Å². The molecule has 2 aliphatic heterocycles. The number of benzene rings is 1. The molecule has 0 spiro atoms. The number of hydrogen-bond acceptors (Lipinski definition) is 9. The van der Waals surface area contributed by atoms with Crippen LogP contribution in [0.1, 0.15) is 48.9 Å². The maximum atomic E-state index is 13.5. The van der Waals surface area contributed by atoms with Crippen LogP contribution in [-0.2, 0) is 32.5 Å². The summed E-state index contributed by atoms with van der Waals surface area (Å²) in [6.07, 6.45) is 0.892. The zero-order valence-corrected chi connectivity index (χ0v) is 21.9. The number of nitrogens with zero attached hydrogens (tertiary/aromatic N) is 4. The van der Waals surface area contributed by atoms with Crippen molar-refractivity contribution in [2.45, 2.75) is 49.8 Å². The number of alkyl halides is 2. The molecule has 4 aromatic rings. The van der Waals surface area contributed by atoms with E-state index in [-0.39, 0.29) is 27.9 Å². The number of nitrogens with one attached hydrogen (secondary N) is 3. The van der Waals surface area contributed by atoms with E-state index in [1.54, 1.807) is 18.2 Å². The van der Waals surface area contributed by atoms with Crippen molar-refractivity contribution in [2.24, 2.45) is 0 Å². The summed E-state index contributed by atoms with van der Waals surface area (Å²) in [4.78, 5) is 11.1. The minimum absolute atomic E-state index is 0.0695. The average Bonchev–Trinajstić information content (AvgIpc) is 3.53. The van der Waals surface area contributed by atoms with Crippen LogP contribution in [0, 0.1) is 0 Å². The summed E-state index contributed by atoms with van der Waals surface area (Å²) in [5.74, 6) is 0.273. The van der Waals surface area contributed by atoms with Crippen molar-refractivity contribution in [1.82, 2.24) is 24.7 Å². The number of fused-ring (bicyclic) bond motifs is 2. The molecule has 39 heavy (non-hydrogen) atoms. The maximum Gasteiger partial charge on any atom is 0.295 e. The second-order valence-corrected chi connectivity index (χ2v) is 11.6. The highest BCUT2D eigenvalue weighted by Gasteiger charge is 2.23. The molecule has 0 aliphatic carbocycles. The summed E-state index contributed by atoms with van der Waals surface area (Å²) >= 11 is 0.